The Hall–Kier alpha value is -2.14. The summed E-state index contributed by atoms with van der Waals surface area (Å²) in [6.07, 6.45) is 0. The van der Waals surface area contributed by atoms with Crippen molar-refractivity contribution in [3.63, 3.8) is 0 Å². The zero-order valence-electron chi connectivity index (χ0n) is 10.5. The maximum atomic E-state index is 11.0. The maximum absolute atomic E-state index is 11.0. The van der Waals surface area contributed by atoms with Crippen LogP contribution in [0.3, 0.4) is 0 Å². The summed E-state index contributed by atoms with van der Waals surface area (Å²) in [7, 11) is -3.80. The van der Waals surface area contributed by atoms with Crippen molar-refractivity contribution in [1.29, 1.82) is 5.26 Å². The molecule has 0 saturated carbocycles. The van der Waals surface area contributed by atoms with E-state index in [1.54, 1.807) is 18.2 Å². The van der Waals surface area contributed by atoms with Crippen molar-refractivity contribution >= 4 is 10.0 Å². The minimum Gasteiger partial charge on any atom is -0.447 e. The van der Waals surface area contributed by atoms with Crippen LogP contribution in [0.2, 0.25) is 0 Å². The van der Waals surface area contributed by atoms with Gasteiger partial charge in [0.25, 0.3) is 10.0 Å². The number of benzene rings is 1. The molecule has 0 aliphatic carbocycles. The van der Waals surface area contributed by atoms with Crippen LogP contribution in [0.4, 0.5) is 0 Å². The van der Waals surface area contributed by atoms with Gasteiger partial charge in [-0.15, -0.1) is 0 Å². The van der Waals surface area contributed by atoms with Gasteiger partial charge in [-0.1, -0.05) is 12.1 Å². The third kappa shape index (κ3) is 3.68. The van der Waals surface area contributed by atoms with E-state index in [-0.39, 0.29) is 5.09 Å². The largest absolute Gasteiger partial charge is 0.447 e. The molecule has 0 radical (unpaired) electrons. The molecule has 20 heavy (non-hydrogen) atoms. The summed E-state index contributed by atoms with van der Waals surface area (Å²) in [6.45, 7) is 0.910. The smallest absolute Gasteiger partial charge is 0.271 e. The molecule has 0 spiro atoms. The van der Waals surface area contributed by atoms with E-state index in [1.807, 2.05) is 12.1 Å². The minimum absolute atomic E-state index is 0.249. The van der Waals surface area contributed by atoms with Crippen molar-refractivity contribution in [1.82, 2.24) is 5.32 Å². The molecule has 0 amide bonds. The molecule has 1 aromatic heterocycles. The predicted octanol–water partition coefficient (Wildman–Crippen LogP) is 1.09. The molecule has 0 atom stereocenters. The number of hydrogen-bond donors (Lipinski definition) is 2. The highest BCUT2D eigenvalue weighted by atomic mass is 32.2. The average molecular weight is 291 g/mol. The molecular weight excluding hydrogens is 278 g/mol. The van der Waals surface area contributed by atoms with Crippen LogP contribution in [0, 0.1) is 11.3 Å². The van der Waals surface area contributed by atoms with Crippen LogP contribution in [0.5, 0.6) is 0 Å². The number of rotatable bonds is 5. The van der Waals surface area contributed by atoms with Gasteiger partial charge in [-0.05, 0) is 29.8 Å². The van der Waals surface area contributed by atoms with Crippen molar-refractivity contribution < 1.29 is 12.8 Å². The van der Waals surface area contributed by atoms with Crippen LogP contribution in [-0.4, -0.2) is 8.42 Å². The number of nitrogens with one attached hydrogen (secondary N) is 1. The van der Waals surface area contributed by atoms with Crippen LogP contribution in [0.25, 0.3) is 0 Å². The van der Waals surface area contributed by atoms with Gasteiger partial charge in [-0.2, -0.15) is 5.26 Å². The molecule has 6 nitrogen and oxygen atoms in total. The molecule has 2 aromatic rings. The van der Waals surface area contributed by atoms with Crippen molar-refractivity contribution in [2.24, 2.45) is 5.14 Å². The molecule has 2 rings (SSSR count). The summed E-state index contributed by atoms with van der Waals surface area (Å²) >= 11 is 0. The first-order chi connectivity index (χ1) is 9.49. The Balaban J connectivity index is 1.93. The summed E-state index contributed by atoms with van der Waals surface area (Å²) in [4.78, 5) is 0. The van der Waals surface area contributed by atoms with E-state index in [2.05, 4.69) is 11.4 Å². The van der Waals surface area contributed by atoms with E-state index in [0.29, 0.717) is 24.4 Å². The third-order valence-corrected chi connectivity index (χ3v) is 3.38. The quantitative estimate of drug-likeness (QED) is 0.857. The first-order valence-corrected chi connectivity index (χ1v) is 7.35. The van der Waals surface area contributed by atoms with E-state index in [0.717, 1.165) is 5.56 Å². The zero-order chi connectivity index (χ0) is 14.6. The molecule has 0 aliphatic rings. The molecule has 0 saturated heterocycles. The van der Waals surface area contributed by atoms with Crippen molar-refractivity contribution in [2.75, 3.05) is 0 Å². The van der Waals surface area contributed by atoms with Crippen LogP contribution < -0.4 is 10.5 Å². The lowest BCUT2D eigenvalue weighted by Crippen LogP contribution is -2.13. The Morgan fingerprint density at radius 2 is 2.05 bits per heavy atom. The Bertz CT molecular complexity index is 744. The first-order valence-electron chi connectivity index (χ1n) is 5.80. The van der Waals surface area contributed by atoms with Gasteiger partial charge in [-0.3, -0.25) is 0 Å². The summed E-state index contributed by atoms with van der Waals surface area (Å²) in [5.41, 5.74) is 1.56. The van der Waals surface area contributed by atoms with Gasteiger partial charge in [0.15, 0.2) is 0 Å². The lowest BCUT2D eigenvalue weighted by molar-refractivity contribution is 0.402. The van der Waals surface area contributed by atoms with E-state index < -0.39 is 10.0 Å². The number of hydrogen-bond acceptors (Lipinski definition) is 5. The molecule has 0 aliphatic heterocycles. The molecule has 3 N–H and O–H groups in total. The fraction of sp³-hybridized carbons (Fsp3) is 0.154. The maximum Gasteiger partial charge on any atom is 0.271 e. The molecule has 1 aromatic carbocycles. The molecule has 7 heteroatoms. The Morgan fingerprint density at radius 1 is 1.25 bits per heavy atom. The number of nitriles is 1. The SMILES string of the molecule is N#Cc1cccc(CNCc2ccc(S(N)(=O)=O)o2)c1. The molecule has 1 heterocycles. The fourth-order valence-electron chi connectivity index (χ4n) is 1.69. The van der Waals surface area contributed by atoms with Crippen LogP contribution in [-0.2, 0) is 23.1 Å². The molecule has 0 fully saturated rings. The molecule has 0 unspecified atom stereocenters. The number of nitrogens with zero attached hydrogens (tertiary/aromatic N) is 1. The topological polar surface area (TPSA) is 109 Å². The molecule has 104 valence electrons. The van der Waals surface area contributed by atoms with Gasteiger partial charge in [0.2, 0.25) is 5.09 Å². The van der Waals surface area contributed by atoms with Gasteiger partial charge >= 0.3 is 0 Å². The lowest BCUT2D eigenvalue weighted by Gasteiger charge is -2.03. The minimum atomic E-state index is -3.80. The van der Waals surface area contributed by atoms with E-state index in [4.69, 9.17) is 14.8 Å². The standard InChI is InChI=1S/C13H13N3O3S/c14-7-10-2-1-3-11(6-10)8-16-9-12-4-5-13(19-12)20(15,17)18/h1-6,16H,8-9H2,(H2,15,17,18). The van der Waals surface area contributed by atoms with Gasteiger partial charge in [0.05, 0.1) is 18.2 Å². The second-order valence-corrected chi connectivity index (χ2v) is 5.67. The van der Waals surface area contributed by atoms with Crippen LogP contribution in [0.1, 0.15) is 16.9 Å². The number of nitrogens with two attached hydrogens (primary N) is 1. The van der Waals surface area contributed by atoms with Crippen LogP contribution in [0.15, 0.2) is 45.9 Å². The fourth-order valence-corrected chi connectivity index (χ4v) is 2.17. The second kappa shape index (κ2) is 5.88. The van der Waals surface area contributed by atoms with E-state index in [1.165, 1.54) is 6.07 Å². The highest BCUT2D eigenvalue weighted by Crippen LogP contribution is 2.12. The van der Waals surface area contributed by atoms with E-state index in [9.17, 15) is 8.42 Å². The number of primary sulfonamides is 1. The Morgan fingerprint density at radius 3 is 2.70 bits per heavy atom. The van der Waals surface area contributed by atoms with Gasteiger partial charge in [-0.25, -0.2) is 13.6 Å². The summed E-state index contributed by atoms with van der Waals surface area (Å²) in [6, 6.07) is 12.2. The lowest BCUT2D eigenvalue weighted by atomic mass is 10.1. The van der Waals surface area contributed by atoms with Gasteiger partial charge < -0.3 is 9.73 Å². The average Bonchev–Trinajstić information content (AvgIpc) is 2.88. The summed E-state index contributed by atoms with van der Waals surface area (Å²) in [5, 5.41) is 16.6. The van der Waals surface area contributed by atoms with Crippen molar-refractivity contribution in [2.45, 2.75) is 18.2 Å². The molecular formula is C13H13N3O3S. The Kier molecular flexibility index (Phi) is 4.20. The summed E-state index contributed by atoms with van der Waals surface area (Å²) in [5.74, 6) is 0.477. The van der Waals surface area contributed by atoms with E-state index >= 15 is 0 Å². The zero-order valence-corrected chi connectivity index (χ0v) is 11.4. The van der Waals surface area contributed by atoms with Gasteiger partial charge in [0.1, 0.15) is 5.76 Å². The second-order valence-electron chi connectivity index (χ2n) is 4.18. The Labute approximate surface area is 116 Å². The van der Waals surface area contributed by atoms with Crippen molar-refractivity contribution in [3.05, 3.63) is 53.3 Å². The number of furan rings is 1. The van der Waals surface area contributed by atoms with Crippen LogP contribution >= 0.6 is 0 Å². The van der Waals surface area contributed by atoms with Gasteiger partial charge in [0, 0.05) is 6.54 Å². The highest BCUT2D eigenvalue weighted by Gasteiger charge is 2.12. The normalized spacial score (nSPS) is 11.2. The molecule has 0 bridgehead atoms. The third-order valence-electron chi connectivity index (χ3n) is 2.60. The first kappa shape index (κ1) is 14.3. The number of sulfonamides is 1. The monoisotopic (exact) mass is 291 g/mol. The highest BCUT2D eigenvalue weighted by molar-refractivity contribution is 7.89. The summed E-state index contributed by atoms with van der Waals surface area (Å²) < 4.78 is 27.2. The van der Waals surface area contributed by atoms with Crippen molar-refractivity contribution in [3.8, 4) is 6.07 Å². The predicted molar refractivity (Wildman–Crippen MR) is 71.8 cm³/mol.